The number of Topliss-reactive ketones (excluding diaryl/α,β-unsaturated/α-hetero) is 1. The summed E-state index contributed by atoms with van der Waals surface area (Å²) in [7, 11) is 0. The summed E-state index contributed by atoms with van der Waals surface area (Å²) in [5.41, 5.74) is 2.82. The minimum atomic E-state index is -0.595. The van der Waals surface area contributed by atoms with Crippen molar-refractivity contribution in [2.24, 2.45) is 5.92 Å². The number of H-pyrrole nitrogens is 1. The quantitative estimate of drug-likeness (QED) is 0.557. The zero-order chi connectivity index (χ0) is 19.7. The van der Waals surface area contributed by atoms with E-state index in [1.165, 1.54) is 32.0 Å². The third-order valence-electron chi connectivity index (χ3n) is 4.78. The summed E-state index contributed by atoms with van der Waals surface area (Å²) in [5, 5.41) is 0.596. The molecule has 0 unspecified atom stereocenters. The molecule has 2 aromatic carbocycles. The molecule has 1 N–H and O–H groups in total. The maximum atomic E-state index is 14.2. The highest BCUT2D eigenvalue weighted by Gasteiger charge is 2.32. The van der Waals surface area contributed by atoms with Gasteiger partial charge in [-0.3, -0.25) is 0 Å². The van der Waals surface area contributed by atoms with Gasteiger partial charge in [0.2, 0.25) is 0 Å². The lowest BCUT2D eigenvalue weighted by atomic mass is 9.71. The number of carbonyl (C=O) groups excluding carboxylic acids is 1. The molecule has 1 saturated carbocycles. The highest BCUT2D eigenvalue weighted by Crippen LogP contribution is 2.48. The molecule has 0 spiro atoms. The average Bonchev–Trinajstić information content (AvgIpc) is 2.91. The Labute approximate surface area is 156 Å². The largest absolute Gasteiger partial charge is 0.352 e. The fourth-order valence-corrected chi connectivity index (χ4v) is 3.65. The molecule has 142 valence electrons. The SMILES string of the molecule is CC(C)=O.CC1CC(c2c(-c3ccc(F)cc3)[nH]c3c(F)cc(F)cc23)C1. The van der Waals surface area contributed by atoms with Crippen molar-refractivity contribution in [3.8, 4) is 11.3 Å². The van der Waals surface area contributed by atoms with E-state index in [-0.39, 0.29) is 17.5 Å². The molecule has 0 radical (unpaired) electrons. The maximum absolute atomic E-state index is 14.2. The summed E-state index contributed by atoms with van der Waals surface area (Å²) >= 11 is 0. The van der Waals surface area contributed by atoms with Crippen LogP contribution in [0.3, 0.4) is 0 Å². The molecule has 0 atom stereocenters. The van der Waals surface area contributed by atoms with Gasteiger partial charge >= 0.3 is 0 Å². The van der Waals surface area contributed by atoms with Crippen molar-refractivity contribution in [1.82, 2.24) is 4.98 Å². The van der Waals surface area contributed by atoms with E-state index in [2.05, 4.69) is 11.9 Å². The lowest BCUT2D eigenvalue weighted by Crippen LogP contribution is -2.19. The Balaban J connectivity index is 0.000000481. The fourth-order valence-electron chi connectivity index (χ4n) is 3.65. The van der Waals surface area contributed by atoms with E-state index in [4.69, 9.17) is 0 Å². The van der Waals surface area contributed by atoms with Crippen molar-refractivity contribution >= 4 is 16.7 Å². The number of aromatic nitrogens is 1. The molecular weight excluding hydrogens is 351 g/mol. The minimum absolute atomic E-state index is 0.167. The molecule has 0 saturated heterocycles. The van der Waals surface area contributed by atoms with Crippen LogP contribution in [0.1, 0.15) is 45.1 Å². The molecule has 3 aromatic rings. The zero-order valence-corrected chi connectivity index (χ0v) is 15.6. The second kappa shape index (κ2) is 7.59. The fraction of sp³-hybridized carbons (Fsp3) is 0.318. The first-order valence-electron chi connectivity index (χ1n) is 9.00. The number of hydrogen-bond acceptors (Lipinski definition) is 1. The number of halogens is 3. The van der Waals surface area contributed by atoms with E-state index in [9.17, 15) is 18.0 Å². The normalized spacial score (nSPS) is 18.6. The summed E-state index contributed by atoms with van der Waals surface area (Å²) in [6, 6.07) is 8.37. The number of benzene rings is 2. The van der Waals surface area contributed by atoms with E-state index in [1.54, 1.807) is 12.1 Å². The molecule has 1 aliphatic rings. The number of rotatable bonds is 2. The van der Waals surface area contributed by atoms with Crippen LogP contribution in [0.25, 0.3) is 22.2 Å². The molecule has 0 aliphatic heterocycles. The van der Waals surface area contributed by atoms with Crippen LogP contribution in [0.5, 0.6) is 0 Å². The van der Waals surface area contributed by atoms with Gasteiger partial charge in [-0.2, -0.15) is 0 Å². The Bertz CT molecular complexity index is 965. The standard InChI is InChI=1S/C19H16F3N.C3H6O/c1-10-6-12(7-10)17-15-8-14(21)9-16(22)19(15)23-18(17)11-2-4-13(20)5-3-11;1-3(2)4/h2-5,8-10,12,23H,6-7H2,1H3;1-2H3. The number of aromatic amines is 1. The van der Waals surface area contributed by atoms with Crippen molar-refractivity contribution in [2.45, 2.75) is 39.5 Å². The van der Waals surface area contributed by atoms with Crippen molar-refractivity contribution in [1.29, 1.82) is 0 Å². The predicted octanol–water partition coefficient (Wildman–Crippen LogP) is 6.36. The molecule has 1 fully saturated rings. The molecule has 0 amide bonds. The summed E-state index contributed by atoms with van der Waals surface area (Å²) in [6.45, 7) is 5.23. The van der Waals surface area contributed by atoms with Crippen LogP contribution in [0, 0.1) is 23.4 Å². The van der Waals surface area contributed by atoms with Gasteiger partial charge in [0.15, 0.2) is 0 Å². The Morgan fingerprint density at radius 3 is 2.15 bits per heavy atom. The first-order valence-corrected chi connectivity index (χ1v) is 9.00. The van der Waals surface area contributed by atoms with Gasteiger partial charge in [-0.05, 0) is 80.0 Å². The first kappa shape index (κ1) is 19.2. The van der Waals surface area contributed by atoms with E-state index >= 15 is 0 Å². The first-order chi connectivity index (χ1) is 12.8. The number of fused-ring (bicyclic) bond motifs is 1. The highest BCUT2D eigenvalue weighted by molar-refractivity contribution is 5.92. The van der Waals surface area contributed by atoms with Crippen LogP contribution < -0.4 is 0 Å². The van der Waals surface area contributed by atoms with Crippen LogP contribution in [0.4, 0.5) is 13.2 Å². The lowest BCUT2D eigenvalue weighted by molar-refractivity contribution is -0.114. The summed E-state index contributed by atoms with van der Waals surface area (Å²) in [5.74, 6) is -0.430. The van der Waals surface area contributed by atoms with E-state index in [0.717, 1.165) is 35.7 Å². The van der Waals surface area contributed by atoms with Gasteiger partial charge in [0.05, 0.1) is 11.2 Å². The molecule has 1 aromatic heterocycles. The van der Waals surface area contributed by atoms with Gasteiger partial charge in [0.25, 0.3) is 0 Å². The van der Waals surface area contributed by atoms with Crippen LogP contribution in [-0.4, -0.2) is 10.8 Å². The van der Waals surface area contributed by atoms with Crippen molar-refractivity contribution in [3.63, 3.8) is 0 Å². The van der Waals surface area contributed by atoms with Crippen LogP contribution >= 0.6 is 0 Å². The number of ketones is 1. The minimum Gasteiger partial charge on any atom is -0.352 e. The number of carbonyl (C=O) groups is 1. The van der Waals surface area contributed by atoms with E-state index < -0.39 is 11.6 Å². The molecule has 1 heterocycles. The van der Waals surface area contributed by atoms with Gasteiger partial charge in [-0.25, -0.2) is 13.2 Å². The number of hydrogen-bond donors (Lipinski definition) is 1. The Kier molecular flexibility index (Phi) is 5.40. The highest BCUT2D eigenvalue weighted by atomic mass is 19.1. The summed E-state index contributed by atoms with van der Waals surface area (Å²) in [4.78, 5) is 12.5. The molecule has 4 rings (SSSR count). The second-order valence-corrected chi connectivity index (χ2v) is 7.41. The topological polar surface area (TPSA) is 32.9 Å². The van der Waals surface area contributed by atoms with Crippen LogP contribution in [0.15, 0.2) is 36.4 Å². The van der Waals surface area contributed by atoms with Crippen LogP contribution in [-0.2, 0) is 4.79 Å². The smallest absolute Gasteiger partial charge is 0.150 e. The summed E-state index contributed by atoms with van der Waals surface area (Å²) < 4.78 is 41.0. The molecule has 0 bridgehead atoms. The zero-order valence-electron chi connectivity index (χ0n) is 15.6. The molecule has 1 aliphatic carbocycles. The lowest BCUT2D eigenvalue weighted by Gasteiger charge is -2.33. The van der Waals surface area contributed by atoms with Gasteiger partial charge in [0, 0.05) is 11.5 Å². The van der Waals surface area contributed by atoms with Gasteiger partial charge < -0.3 is 9.78 Å². The van der Waals surface area contributed by atoms with Crippen molar-refractivity contribution in [2.75, 3.05) is 0 Å². The monoisotopic (exact) mass is 373 g/mol. The Morgan fingerprint density at radius 1 is 1.00 bits per heavy atom. The molecule has 2 nitrogen and oxygen atoms in total. The predicted molar refractivity (Wildman–Crippen MR) is 101 cm³/mol. The van der Waals surface area contributed by atoms with Crippen molar-refractivity contribution < 1.29 is 18.0 Å². The van der Waals surface area contributed by atoms with Gasteiger partial charge in [-0.15, -0.1) is 0 Å². The average molecular weight is 373 g/mol. The second-order valence-electron chi connectivity index (χ2n) is 7.41. The molecule has 5 heteroatoms. The Morgan fingerprint density at radius 2 is 1.59 bits per heavy atom. The molecular formula is C22H22F3NO. The molecule has 27 heavy (non-hydrogen) atoms. The maximum Gasteiger partial charge on any atom is 0.150 e. The third-order valence-corrected chi connectivity index (χ3v) is 4.78. The number of nitrogens with one attached hydrogen (secondary N) is 1. The van der Waals surface area contributed by atoms with Gasteiger partial charge in [0.1, 0.15) is 23.2 Å². The van der Waals surface area contributed by atoms with Crippen LogP contribution in [0.2, 0.25) is 0 Å². The third kappa shape index (κ3) is 4.07. The van der Waals surface area contributed by atoms with E-state index in [1.807, 2.05) is 0 Å². The van der Waals surface area contributed by atoms with Gasteiger partial charge in [-0.1, -0.05) is 6.92 Å². The Hall–Kier alpha value is -2.56. The van der Waals surface area contributed by atoms with E-state index in [0.29, 0.717) is 16.8 Å². The summed E-state index contributed by atoms with van der Waals surface area (Å²) in [6.07, 6.45) is 2.00. The van der Waals surface area contributed by atoms with Crippen molar-refractivity contribution in [3.05, 3.63) is 59.4 Å².